The molecule has 58 valence electrons. The Morgan fingerprint density at radius 1 is 1.27 bits per heavy atom. The molecule has 0 aliphatic rings. The molecule has 2 heteroatoms. The van der Waals surface area contributed by atoms with E-state index in [1.807, 2.05) is 31.2 Å². The summed E-state index contributed by atoms with van der Waals surface area (Å²) in [4.78, 5) is 9.80. The first-order chi connectivity index (χ1) is 5.33. The fourth-order valence-electron chi connectivity index (χ4n) is 0.929. The molecule has 0 radical (unpaired) electrons. The van der Waals surface area contributed by atoms with E-state index in [0.717, 1.165) is 6.42 Å². The Kier molecular flexibility index (Phi) is 2.78. The number of aryl methyl sites for hydroxylation is 1. The van der Waals surface area contributed by atoms with Gasteiger partial charge in [0.25, 0.3) is 0 Å². The highest BCUT2D eigenvalue weighted by atomic mass is 16.3. The van der Waals surface area contributed by atoms with Crippen LogP contribution in [0.3, 0.4) is 0 Å². The van der Waals surface area contributed by atoms with E-state index in [2.05, 4.69) is 5.18 Å². The van der Waals surface area contributed by atoms with Crippen LogP contribution in [-0.2, 0) is 6.42 Å². The van der Waals surface area contributed by atoms with Crippen molar-refractivity contribution in [2.24, 2.45) is 5.18 Å². The molecule has 11 heavy (non-hydrogen) atoms. The molecule has 0 saturated carbocycles. The Hall–Kier alpha value is -1.18. The van der Waals surface area contributed by atoms with Gasteiger partial charge in [-0.3, -0.25) is 0 Å². The lowest BCUT2D eigenvalue weighted by Crippen LogP contribution is -1.87. The van der Waals surface area contributed by atoms with E-state index in [4.69, 9.17) is 0 Å². The van der Waals surface area contributed by atoms with Crippen LogP contribution < -0.4 is 0 Å². The van der Waals surface area contributed by atoms with Crippen LogP contribution in [0.15, 0.2) is 29.4 Å². The quantitative estimate of drug-likeness (QED) is 0.606. The van der Waals surface area contributed by atoms with Crippen LogP contribution in [0.2, 0.25) is 0 Å². The van der Waals surface area contributed by atoms with Crippen molar-refractivity contribution in [3.8, 4) is 0 Å². The first-order valence-electron chi connectivity index (χ1n) is 3.67. The van der Waals surface area contributed by atoms with Gasteiger partial charge in [-0.2, -0.15) is 4.91 Å². The van der Waals surface area contributed by atoms with Crippen LogP contribution in [0, 0.1) is 11.8 Å². The molecular formula is C9H11NO. The van der Waals surface area contributed by atoms with Crippen molar-refractivity contribution in [3.63, 3.8) is 0 Å². The lowest BCUT2D eigenvalue weighted by atomic mass is 10.1. The smallest absolute Gasteiger partial charge is 0.0851 e. The number of benzene rings is 1. The van der Waals surface area contributed by atoms with Gasteiger partial charge < -0.3 is 0 Å². The van der Waals surface area contributed by atoms with E-state index in [9.17, 15) is 4.91 Å². The molecule has 0 amide bonds. The van der Waals surface area contributed by atoms with Crippen molar-refractivity contribution in [2.75, 3.05) is 6.54 Å². The van der Waals surface area contributed by atoms with Gasteiger partial charge in [-0.1, -0.05) is 35.0 Å². The van der Waals surface area contributed by atoms with Gasteiger partial charge in [0.05, 0.1) is 6.54 Å². The number of hydrogen-bond acceptors (Lipinski definition) is 2. The van der Waals surface area contributed by atoms with Crippen LogP contribution in [-0.4, -0.2) is 6.54 Å². The van der Waals surface area contributed by atoms with Crippen molar-refractivity contribution in [3.05, 3.63) is 40.3 Å². The maximum Gasteiger partial charge on any atom is 0.0851 e. The first-order valence-corrected chi connectivity index (χ1v) is 3.67. The summed E-state index contributed by atoms with van der Waals surface area (Å²) in [5.74, 6) is 0. The molecule has 0 aromatic heterocycles. The highest BCUT2D eigenvalue weighted by Crippen LogP contribution is 2.03. The van der Waals surface area contributed by atoms with Crippen LogP contribution in [0.4, 0.5) is 0 Å². The molecule has 0 aliphatic heterocycles. The van der Waals surface area contributed by atoms with Crippen LogP contribution in [0.1, 0.15) is 11.1 Å². The molecule has 0 bridgehead atoms. The number of nitrogens with zero attached hydrogens (tertiary/aromatic N) is 1. The predicted molar refractivity (Wildman–Crippen MR) is 45.5 cm³/mol. The maximum absolute atomic E-state index is 9.80. The zero-order chi connectivity index (χ0) is 8.10. The van der Waals surface area contributed by atoms with E-state index < -0.39 is 0 Å². The fourth-order valence-corrected chi connectivity index (χ4v) is 0.929. The molecule has 1 rings (SSSR count). The summed E-state index contributed by atoms with van der Waals surface area (Å²) in [6.45, 7) is 2.42. The second-order valence-electron chi connectivity index (χ2n) is 2.59. The summed E-state index contributed by atoms with van der Waals surface area (Å²) in [7, 11) is 0. The Balaban J connectivity index is 2.58. The van der Waals surface area contributed by atoms with E-state index in [-0.39, 0.29) is 0 Å². The molecule has 1 aromatic rings. The van der Waals surface area contributed by atoms with Crippen LogP contribution >= 0.6 is 0 Å². The van der Waals surface area contributed by atoms with Gasteiger partial charge in [0.15, 0.2) is 0 Å². The molecule has 2 nitrogen and oxygen atoms in total. The summed E-state index contributed by atoms with van der Waals surface area (Å²) in [6.07, 6.45) is 0.754. The normalized spacial score (nSPS) is 9.55. The molecule has 0 aliphatic carbocycles. The van der Waals surface area contributed by atoms with E-state index in [0.29, 0.717) is 6.54 Å². The second kappa shape index (κ2) is 3.86. The Morgan fingerprint density at radius 2 is 1.91 bits per heavy atom. The average molecular weight is 149 g/mol. The SMILES string of the molecule is Cc1ccc(CCN=O)cc1. The third-order valence-electron chi connectivity index (χ3n) is 1.61. The molecule has 0 unspecified atom stereocenters. The second-order valence-corrected chi connectivity index (χ2v) is 2.59. The van der Waals surface area contributed by atoms with Gasteiger partial charge in [0.1, 0.15) is 0 Å². The van der Waals surface area contributed by atoms with Gasteiger partial charge in [-0.05, 0) is 18.9 Å². The predicted octanol–water partition coefficient (Wildman–Crippen LogP) is 2.30. The van der Waals surface area contributed by atoms with Crippen LogP contribution in [0.25, 0.3) is 0 Å². The highest BCUT2D eigenvalue weighted by molar-refractivity contribution is 5.21. The lowest BCUT2D eigenvalue weighted by molar-refractivity contribution is 0.959. The molecule has 0 saturated heterocycles. The third kappa shape index (κ3) is 2.50. The Labute approximate surface area is 66.2 Å². The Bertz CT molecular complexity index is 228. The number of nitroso groups, excluding NO2 is 1. The monoisotopic (exact) mass is 149 g/mol. The molecule has 0 N–H and O–H groups in total. The van der Waals surface area contributed by atoms with Gasteiger partial charge in [0, 0.05) is 0 Å². The molecule has 1 aromatic carbocycles. The van der Waals surface area contributed by atoms with E-state index in [1.165, 1.54) is 11.1 Å². The molecule has 0 spiro atoms. The summed E-state index contributed by atoms with van der Waals surface area (Å²) < 4.78 is 0. The average Bonchev–Trinajstić information content (AvgIpc) is 2.04. The van der Waals surface area contributed by atoms with Crippen molar-refractivity contribution in [2.45, 2.75) is 13.3 Å². The van der Waals surface area contributed by atoms with Crippen molar-refractivity contribution in [1.82, 2.24) is 0 Å². The van der Waals surface area contributed by atoms with Crippen LogP contribution in [0.5, 0.6) is 0 Å². The minimum atomic E-state index is 0.378. The maximum atomic E-state index is 9.80. The minimum Gasteiger partial charge on any atom is -0.151 e. The molecule has 0 heterocycles. The minimum absolute atomic E-state index is 0.378. The summed E-state index contributed by atoms with van der Waals surface area (Å²) in [5, 5.41) is 2.80. The Morgan fingerprint density at radius 3 is 2.45 bits per heavy atom. The fraction of sp³-hybridized carbons (Fsp3) is 0.333. The first kappa shape index (κ1) is 7.92. The van der Waals surface area contributed by atoms with Crippen molar-refractivity contribution < 1.29 is 0 Å². The van der Waals surface area contributed by atoms with Crippen molar-refractivity contribution >= 4 is 0 Å². The molecular weight excluding hydrogens is 138 g/mol. The summed E-state index contributed by atoms with van der Waals surface area (Å²) in [6, 6.07) is 8.14. The standard InChI is InChI=1S/C9H11NO/c1-8-2-4-9(5-3-8)6-7-10-11/h2-5H,6-7H2,1H3. The lowest BCUT2D eigenvalue weighted by Gasteiger charge is -1.96. The number of hydrogen-bond donors (Lipinski definition) is 0. The van der Waals surface area contributed by atoms with Crippen molar-refractivity contribution in [1.29, 1.82) is 0 Å². The summed E-state index contributed by atoms with van der Waals surface area (Å²) in [5.41, 5.74) is 2.42. The van der Waals surface area contributed by atoms with Gasteiger partial charge in [-0.15, -0.1) is 0 Å². The van der Waals surface area contributed by atoms with Gasteiger partial charge in [0.2, 0.25) is 0 Å². The van der Waals surface area contributed by atoms with Gasteiger partial charge >= 0.3 is 0 Å². The number of rotatable bonds is 3. The highest BCUT2D eigenvalue weighted by Gasteiger charge is 1.90. The summed E-state index contributed by atoms with van der Waals surface area (Å²) >= 11 is 0. The van der Waals surface area contributed by atoms with Gasteiger partial charge in [-0.25, -0.2) is 0 Å². The van der Waals surface area contributed by atoms with E-state index in [1.54, 1.807) is 0 Å². The topological polar surface area (TPSA) is 29.4 Å². The zero-order valence-corrected chi connectivity index (χ0v) is 6.58. The largest absolute Gasteiger partial charge is 0.151 e. The third-order valence-corrected chi connectivity index (χ3v) is 1.61. The molecule has 0 atom stereocenters. The van der Waals surface area contributed by atoms with E-state index >= 15 is 0 Å². The molecule has 0 fully saturated rings. The zero-order valence-electron chi connectivity index (χ0n) is 6.58.